The number of halogens is 3. The van der Waals surface area contributed by atoms with E-state index in [1.54, 1.807) is 18.2 Å². The molecule has 25 heavy (non-hydrogen) atoms. The van der Waals surface area contributed by atoms with Gasteiger partial charge in [-0.3, -0.25) is 4.79 Å². The molecule has 0 saturated carbocycles. The number of pyridine rings is 1. The topological polar surface area (TPSA) is 83.1 Å². The van der Waals surface area contributed by atoms with Gasteiger partial charge in [0.05, 0.1) is 11.3 Å². The van der Waals surface area contributed by atoms with Gasteiger partial charge in [-0.2, -0.15) is 13.2 Å². The van der Waals surface area contributed by atoms with Crippen molar-refractivity contribution in [1.82, 2.24) is 10.3 Å². The van der Waals surface area contributed by atoms with Crippen molar-refractivity contribution in [2.24, 2.45) is 0 Å². The Hall–Kier alpha value is -3.10. The number of amides is 3. The predicted octanol–water partition coefficient (Wildman–Crippen LogP) is 3.41. The summed E-state index contributed by atoms with van der Waals surface area (Å²) < 4.78 is 37.9. The lowest BCUT2D eigenvalue weighted by molar-refractivity contribution is -0.141. The summed E-state index contributed by atoms with van der Waals surface area (Å²) in [5.41, 5.74) is -0.249. The van der Waals surface area contributed by atoms with E-state index in [9.17, 15) is 22.8 Å². The van der Waals surface area contributed by atoms with Crippen molar-refractivity contribution in [1.29, 1.82) is 0 Å². The molecule has 0 bridgehead atoms. The second-order valence-corrected chi connectivity index (χ2v) is 5.07. The Morgan fingerprint density at radius 1 is 1.04 bits per heavy atom. The van der Waals surface area contributed by atoms with Crippen molar-refractivity contribution in [3.8, 4) is 0 Å². The SMILES string of the molecule is CNC(=O)Nc1cccc(NC(=O)c2ccc(C(F)(F)F)nc2C)c1. The van der Waals surface area contributed by atoms with E-state index >= 15 is 0 Å². The third-order valence-electron chi connectivity index (χ3n) is 3.23. The number of nitrogens with zero attached hydrogens (tertiary/aromatic N) is 1. The maximum absolute atomic E-state index is 12.6. The van der Waals surface area contributed by atoms with E-state index in [0.717, 1.165) is 12.1 Å². The summed E-state index contributed by atoms with van der Waals surface area (Å²) in [5, 5.41) is 7.49. The molecule has 3 amide bonds. The first kappa shape index (κ1) is 18.2. The molecular weight excluding hydrogens is 337 g/mol. The van der Waals surface area contributed by atoms with Crippen molar-refractivity contribution in [3.05, 3.63) is 53.3 Å². The van der Waals surface area contributed by atoms with Gasteiger partial charge in [-0.05, 0) is 37.3 Å². The normalized spacial score (nSPS) is 10.9. The Morgan fingerprint density at radius 3 is 2.24 bits per heavy atom. The van der Waals surface area contributed by atoms with E-state index in [2.05, 4.69) is 20.9 Å². The smallest absolute Gasteiger partial charge is 0.341 e. The van der Waals surface area contributed by atoms with Crippen molar-refractivity contribution >= 4 is 23.3 Å². The van der Waals surface area contributed by atoms with Gasteiger partial charge in [0.25, 0.3) is 5.91 Å². The van der Waals surface area contributed by atoms with E-state index in [1.165, 1.54) is 20.0 Å². The minimum Gasteiger partial charge on any atom is -0.341 e. The molecule has 0 spiro atoms. The van der Waals surface area contributed by atoms with E-state index in [1.807, 2.05) is 0 Å². The summed E-state index contributed by atoms with van der Waals surface area (Å²) in [5.74, 6) is -0.601. The molecule has 1 aromatic heterocycles. The second-order valence-electron chi connectivity index (χ2n) is 5.07. The summed E-state index contributed by atoms with van der Waals surface area (Å²) in [6.07, 6.45) is -4.57. The third-order valence-corrected chi connectivity index (χ3v) is 3.23. The van der Waals surface area contributed by atoms with Gasteiger partial charge in [-0.25, -0.2) is 9.78 Å². The van der Waals surface area contributed by atoms with Gasteiger partial charge in [0.15, 0.2) is 0 Å². The maximum Gasteiger partial charge on any atom is 0.433 e. The highest BCUT2D eigenvalue weighted by atomic mass is 19.4. The van der Waals surface area contributed by atoms with E-state index < -0.39 is 23.8 Å². The number of aromatic nitrogens is 1. The van der Waals surface area contributed by atoms with Crippen molar-refractivity contribution in [3.63, 3.8) is 0 Å². The number of hydrogen-bond acceptors (Lipinski definition) is 3. The second kappa shape index (κ2) is 7.20. The van der Waals surface area contributed by atoms with Gasteiger partial charge >= 0.3 is 12.2 Å². The van der Waals surface area contributed by atoms with Crippen LogP contribution >= 0.6 is 0 Å². The first-order valence-electron chi connectivity index (χ1n) is 7.15. The van der Waals surface area contributed by atoms with Crippen LogP contribution in [0.15, 0.2) is 36.4 Å². The number of nitrogens with one attached hydrogen (secondary N) is 3. The van der Waals surface area contributed by atoms with E-state index in [4.69, 9.17) is 0 Å². The van der Waals surface area contributed by atoms with Gasteiger partial charge in [0.1, 0.15) is 5.69 Å². The zero-order chi connectivity index (χ0) is 18.6. The van der Waals surface area contributed by atoms with Crippen LogP contribution in [0, 0.1) is 6.92 Å². The summed E-state index contributed by atoms with van der Waals surface area (Å²) >= 11 is 0. The zero-order valence-electron chi connectivity index (χ0n) is 13.4. The van der Waals surface area contributed by atoms with E-state index in [-0.39, 0.29) is 11.3 Å². The molecule has 3 N–H and O–H groups in total. The van der Waals surface area contributed by atoms with E-state index in [0.29, 0.717) is 11.4 Å². The molecule has 0 saturated heterocycles. The Morgan fingerprint density at radius 2 is 1.68 bits per heavy atom. The van der Waals surface area contributed by atoms with Crippen molar-refractivity contribution in [2.45, 2.75) is 13.1 Å². The number of alkyl halides is 3. The van der Waals surface area contributed by atoms with Crippen LogP contribution in [-0.2, 0) is 6.18 Å². The molecule has 6 nitrogen and oxygen atoms in total. The van der Waals surface area contributed by atoms with Gasteiger partial charge in [0.2, 0.25) is 0 Å². The summed E-state index contributed by atoms with van der Waals surface area (Å²) in [6.45, 7) is 1.33. The van der Waals surface area contributed by atoms with Crippen LogP contribution in [-0.4, -0.2) is 24.0 Å². The lowest BCUT2D eigenvalue weighted by Crippen LogP contribution is -2.24. The molecule has 9 heteroatoms. The molecule has 0 atom stereocenters. The summed E-state index contributed by atoms with van der Waals surface area (Å²) in [6, 6.07) is 7.73. The molecule has 132 valence electrons. The minimum absolute atomic E-state index is 0.0256. The Labute approximate surface area is 141 Å². The lowest BCUT2D eigenvalue weighted by atomic mass is 10.1. The molecule has 0 aliphatic rings. The van der Waals surface area contributed by atoms with Crippen molar-refractivity contribution in [2.75, 3.05) is 17.7 Å². The summed E-state index contributed by atoms with van der Waals surface area (Å²) in [7, 11) is 1.46. The van der Waals surface area contributed by atoms with Crippen LogP contribution < -0.4 is 16.0 Å². The number of carbonyl (C=O) groups excluding carboxylic acids is 2. The zero-order valence-corrected chi connectivity index (χ0v) is 13.4. The molecule has 1 aromatic carbocycles. The van der Waals surface area contributed by atoms with Crippen LogP contribution in [0.3, 0.4) is 0 Å². The van der Waals surface area contributed by atoms with Crippen LogP contribution in [0.4, 0.5) is 29.3 Å². The number of rotatable bonds is 3. The monoisotopic (exact) mass is 352 g/mol. The van der Waals surface area contributed by atoms with Gasteiger partial charge in [-0.1, -0.05) is 6.07 Å². The fraction of sp³-hybridized carbons (Fsp3) is 0.188. The average molecular weight is 352 g/mol. The van der Waals surface area contributed by atoms with Crippen LogP contribution in [0.2, 0.25) is 0 Å². The Bertz CT molecular complexity index is 806. The highest BCUT2D eigenvalue weighted by Gasteiger charge is 2.33. The molecule has 1 heterocycles. The summed E-state index contributed by atoms with van der Waals surface area (Å²) in [4.78, 5) is 27.0. The number of aryl methyl sites for hydroxylation is 1. The van der Waals surface area contributed by atoms with Crippen molar-refractivity contribution < 1.29 is 22.8 Å². The molecule has 0 fully saturated rings. The quantitative estimate of drug-likeness (QED) is 0.792. The molecule has 2 aromatic rings. The fourth-order valence-electron chi connectivity index (χ4n) is 2.03. The van der Waals surface area contributed by atoms with Crippen LogP contribution in [0.1, 0.15) is 21.7 Å². The van der Waals surface area contributed by atoms with Crippen LogP contribution in [0.25, 0.3) is 0 Å². The van der Waals surface area contributed by atoms with Gasteiger partial charge < -0.3 is 16.0 Å². The first-order chi connectivity index (χ1) is 11.7. The van der Waals surface area contributed by atoms with Crippen LogP contribution in [0.5, 0.6) is 0 Å². The molecule has 2 rings (SSSR count). The fourth-order valence-corrected chi connectivity index (χ4v) is 2.03. The largest absolute Gasteiger partial charge is 0.433 e. The highest BCUT2D eigenvalue weighted by molar-refractivity contribution is 6.05. The number of urea groups is 1. The first-order valence-corrected chi connectivity index (χ1v) is 7.15. The lowest BCUT2D eigenvalue weighted by Gasteiger charge is -2.11. The van der Waals surface area contributed by atoms with Gasteiger partial charge in [0, 0.05) is 18.4 Å². The number of benzene rings is 1. The standard InChI is InChI=1S/C16H15F3N4O2/c1-9-12(6-7-13(21-9)16(17,18)19)14(24)22-10-4-3-5-11(8-10)23-15(25)20-2/h3-8H,1-2H3,(H,22,24)(H2,20,23,25). The maximum atomic E-state index is 12.6. The molecular formula is C16H15F3N4O2. The average Bonchev–Trinajstić information content (AvgIpc) is 2.54. The molecule has 0 aliphatic heterocycles. The predicted molar refractivity (Wildman–Crippen MR) is 86.4 cm³/mol. The number of hydrogen-bond donors (Lipinski definition) is 3. The minimum atomic E-state index is -4.57. The Kier molecular flexibility index (Phi) is 5.26. The van der Waals surface area contributed by atoms with Gasteiger partial charge in [-0.15, -0.1) is 0 Å². The third kappa shape index (κ3) is 4.69. The molecule has 0 radical (unpaired) electrons. The highest BCUT2D eigenvalue weighted by Crippen LogP contribution is 2.28. The molecule has 0 unspecified atom stereocenters. The number of anilines is 2. The number of carbonyl (C=O) groups is 2. The molecule has 0 aliphatic carbocycles. The Balaban J connectivity index is 2.17.